The third-order valence-electron chi connectivity index (χ3n) is 4.13. The maximum absolute atomic E-state index is 11.8. The van der Waals surface area contributed by atoms with Crippen LogP contribution in [0.2, 0.25) is 0 Å². The van der Waals surface area contributed by atoms with Gasteiger partial charge >= 0.3 is 11.8 Å². The number of ether oxygens (including phenoxy) is 1. The molecule has 0 spiro atoms. The van der Waals surface area contributed by atoms with Crippen molar-refractivity contribution in [3.8, 4) is 0 Å². The first-order chi connectivity index (χ1) is 12.2. The zero-order valence-electron chi connectivity index (χ0n) is 14.9. The Balaban J connectivity index is 1.65. The predicted octanol–water partition coefficient (Wildman–Crippen LogP) is 2.48. The lowest BCUT2D eigenvalue weighted by molar-refractivity contribution is -0.383. The van der Waals surface area contributed by atoms with Gasteiger partial charge in [-0.2, -0.15) is 0 Å². The number of carbonyl (C=O) groups is 1. The highest BCUT2D eigenvalue weighted by molar-refractivity contribution is 5.93. The number of aromatic nitrogens is 2. The van der Waals surface area contributed by atoms with Gasteiger partial charge in [-0.3, -0.25) is 10.1 Å². The number of nitro groups is 1. The van der Waals surface area contributed by atoms with Crippen LogP contribution in [-0.2, 0) is 4.74 Å². The van der Waals surface area contributed by atoms with Gasteiger partial charge in [-0.1, -0.05) is 0 Å². The van der Waals surface area contributed by atoms with E-state index >= 15 is 0 Å². The average molecular weight is 363 g/mol. The number of alkyl carbamates (subject to hydrolysis) is 1. The van der Waals surface area contributed by atoms with Crippen LogP contribution in [-0.4, -0.2) is 46.6 Å². The third-order valence-corrected chi connectivity index (χ3v) is 4.13. The van der Waals surface area contributed by atoms with Gasteiger partial charge in [0.15, 0.2) is 5.52 Å². The van der Waals surface area contributed by atoms with Gasteiger partial charge in [0.25, 0.3) is 0 Å². The number of anilines is 1. The minimum Gasteiger partial charge on any atom is -0.444 e. The van der Waals surface area contributed by atoms with Crippen LogP contribution in [0.4, 0.5) is 16.2 Å². The zero-order chi connectivity index (χ0) is 18.9. The Morgan fingerprint density at radius 3 is 2.85 bits per heavy atom. The summed E-state index contributed by atoms with van der Waals surface area (Å²) in [5, 5.41) is 21.3. The van der Waals surface area contributed by atoms with Gasteiger partial charge in [0.2, 0.25) is 5.52 Å². The Bertz CT molecular complexity index is 828. The van der Waals surface area contributed by atoms with Gasteiger partial charge < -0.3 is 15.0 Å². The molecule has 0 aliphatic carbocycles. The summed E-state index contributed by atoms with van der Waals surface area (Å²) < 4.78 is 9.94. The Kier molecular flexibility index (Phi) is 4.66. The first kappa shape index (κ1) is 17.9. The molecule has 0 bridgehead atoms. The van der Waals surface area contributed by atoms with E-state index in [1.165, 1.54) is 6.07 Å². The van der Waals surface area contributed by atoms with E-state index < -0.39 is 16.6 Å². The Hall–Kier alpha value is -2.91. The van der Waals surface area contributed by atoms with Crippen LogP contribution in [0, 0.1) is 16.0 Å². The fourth-order valence-corrected chi connectivity index (χ4v) is 3.00. The second-order valence-corrected chi connectivity index (χ2v) is 7.31. The van der Waals surface area contributed by atoms with Crippen LogP contribution in [0.1, 0.15) is 27.2 Å². The van der Waals surface area contributed by atoms with Gasteiger partial charge in [-0.25, -0.2) is 9.42 Å². The Morgan fingerprint density at radius 1 is 1.42 bits per heavy atom. The number of fused-ring (bicyclic) bond motifs is 1. The lowest BCUT2D eigenvalue weighted by Gasteiger charge is -2.21. The molecule has 0 radical (unpaired) electrons. The maximum atomic E-state index is 11.8. The molecule has 10 heteroatoms. The third kappa shape index (κ3) is 3.84. The van der Waals surface area contributed by atoms with Gasteiger partial charge in [0, 0.05) is 25.7 Å². The van der Waals surface area contributed by atoms with Crippen molar-refractivity contribution in [3.05, 3.63) is 22.2 Å². The number of hydrogen-bond donors (Lipinski definition) is 1. The smallest absolute Gasteiger partial charge is 0.407 e. The van der Waals surface area contributed by atoms with Gasteiger partial charge in [-0.15, -0.1) is 0 Å². The van der Waals surface area contributed by atoms with Crippen LogP contribution < -0.4 is 10.2 Å². The van der Waals surface area contributed by atoms with E-state index in [0.29, 0.717) is 18.6 Å². The van der Waals surface area contributed by atoms with Gasteiger partial charge in [0.05, 0.1) is 10.6 Å². The quantitative estimate of drug-likeness (QED) is 0.649. The number of carbonyl (C=O) groups excluding carboxylic acids is 1. The SMILES string of the molecule is CC(C)(C)OC(=O)NCC1CCN(c2ccc([N+](=O)[O-])c3nonc23)C1. The van der Waals surface area contributed by atoms with E-state index in [4.69, 9.17) is 9.37 Å². The molecule has 1 atom stereocenters. The van der Waals surface area contributed by atoms with E-state index in [9.17, 15) is 14.9 Å². The molecule has 1 aromatic heterocycles. The topological polar surface area (TPSA) is 124 Å². The fourth-order valence-electron chi connectivity index (χ4n) is 3.00. The van der Waals surface area contributed by atoms with Gasteiger partial charge in [0.1, 0.15) is 5.60 Å². The first-order valence-corrected chi connectivity index (χ1v) is 8.36. The summed E-state index contributed by atoms with van der Waals surface area (Å²) in [5.41, 5.74) is 0.595. The van der Waals surface area contributed by atoms with Crippen molar-refractivity contribution < 1.29 is 19.1 Å². The molecular weight excluding hydrogens is 342 g/mol. The van der Waals surface area contributed by atoms with Crippen molar-refractivity contribution >= 4 is 28.5 Å². The maximum Gasteiger partial charge on any atom is 0.407 e. The molecule has 1 saturated heterocycles. The van der Waals surface area contributed by atoms with Crippen LogP contribution >= 0.6 is 0 Å². The van der Waals surface area contributed by atoms with Crippen molar-refractivity contribution in [3.63, 3.8) is 0 Å². The molecule has 0 saturated carbocycles. The fraction of sp³-hybridized carbons (Fsp3) is 0.562. The number of benzene rings is 1. The average Bonchev–Trinajstić information content (AvgIpc) is 3.19. The molecule has 1 aromatic carbocycles. The largest absolute Gasteiger partial charge is 0.444 e. The summed E-state index contributed by atoms with van der Waals surface area (Å²) >= 11 is 0. The minimum atomic E-state index is -0.532. The standard InChI is InChI=1S/C16H21N5O5/c1-16(2,3)25-15(22)17-8-10-6-7-20(9-10)11-4-5-12(21(23)24)14-13(11)18-26-19-14/h4-5,10H,6-9H2,1-3H3,(H,17,22). The summed E-state index contributed by atoms with van der Waals surface area (Å²) in [4.78, 5) is 24.4. The number of nitrogens with zero attached hydrogens (tertiary/aromatic N) is 4. The zero-order valence-corrected chi connectivity index (χ0v) is 14.9. The highest BCUT2D eigenvalue weighted by Crippen LogP contribution is 2.33. The molecule has 1 N–H and O–H groups in total. The van der Waals surface area contributed by atoms with E-state index in [1.807, 2.05) is 20.8 Å². The molecule has 1 aliphatic rings. The van der Waals surface area contributed by atoms with Crippen LogP contribution in [0.15, 0.2) is 16.8 Å². The number of nitrogens with one attached hydrogen (secondary N) is 1. The lowest BCUT2D eigenvalue weighted by atomic mass is 10.1. The summed E-state index contributed by atoms with van der Waals surface area (Å²) in [6.45, 7) is 7.38. The number of nitro benzene ring substituents is 1. The molecule has 26 heavy (non-hydrogen) atoms. The van der Waals surface area contributed by atoms with Crippen LogP contribution in [0.25, 0.3) is 11.0 Å². The predicted molar refractivity (Wildman–Crippen MR) is 93.0 cm³/mol. The van der Waals surface area contributed by atoms with E-state index in [-0.39, 0.29) is 17.1 Å². The van der Waals surface area contributed by atoms with E-state index in [2.05, 4.69) is 20.5 Å². The molecule has 2 heterocycles. The summed E-state index contributed by atoms with van der Waals surface area (Å²) in [7, 11) is 0. The lowest BCUT2D eigenvalue weighted by Crippen LogP contribution is -2.36. The van der Waals surface area contributed by atoms with Crippen LogP contribution in [0.5, 0.6) is 0 Å². The first-order valence-electron chi connectivity index (χ1n) is 8.36. The molecule has 1 unspecified atom stereocenters. The Labute approximate surface area is 149 Å². The number of rotatable bonds is 4. The molecular formula is C16H21N5O5. The summed E-state index contributed by atoms with van der Waals surface area (Å²) in [6, 6.07) is 3.07. The van der Waals surface area contributed by atoms with Crippen molar-refractivity contribution in [1.29, 1.82) is 0 Å². The highest BCUT2D eigenvalue weighted by atomic mass is 16.6. The number of hydrogen-bond acceptors (Lipinski definition) is 8. The van der Waals surface area contributed by atoms with Crippen LogP contribution in [0.3, 0.4) is 0 Å². The molecule has 10 nitrogen and oxygen atoms in total. The van der Waals surface area contributed by atoms with Crippen molar-refractivity contribution in [1.82, 2.24) is 15.6 Å². The molecule has 2 aromatic rings. The van der Waals surface area contributed by atoms with E-state index in [0.717, 1.165) is 18.7 Å². The van der Waals surface area contributed by atoms with Crippen molar-refractivity contribution in [2.75, 3.05) is 24.5 Å². The molecule has 3 rings (SSSR count). The molecule has 1 fully saturated rings. The minimum absolute atomic E-state index is 0.132. The van der Waals surface area contributed by atoms with Gasteiger partial charge in [-0.05, 0) is 49.5 Å². The summed E-state index contributed by atoms with van der Waals surface area (Å²) in [5.74, 6) is 0.243. The molecule has 1 aliphatic heterocycles. The van der Waals surface area contributed by atoms with E-state index in [1.54, 1.807) is 6.07 Å². The Morgan fingerprint density at radius 2 is 2.15 bits per heavy atom. The number of amides is 1. The number of non-ortho nitro benzene ring substituents is 1. The molecule has 140 valence electrons. The normalized spacial score (nSPS) is 17.5. The monoisotopic (exact) mass is 363 g/mol. The second kappa shape index (κ2) is 6.77. The molecule has 1 amide bonds. The second-order valence-electron chi connectivity index (χ2n) is 7.31. The van der Waals surface area contributed by atoms with Crippen molar-refractivity contribution in [2.24, 2.45) is 5.92 Å². The summed E-state index contributed by atoms with van der Waals surface area (Å²) in [6.07, 6.45) is 0.439. The highest BCUT2D eigenvalue weighted by Gasteiger charge is 2.28. The van der Waals surface area contributed by atoms with Crippen molar-refractivity contribution in [2.45, 2.75) is 32.8 Å².